The molecule has 0 aliphatic rings. The Labute approximate surface area is 145 Å². The summed E-state index contributed by atoms with van der Waals surface area (Å²) in [4.78, 5) is 23.3. The molecule has 0 aliphatic heterocycles. The molecule has 0 saturated heterocycles. The summed E-state index contributed by atoms with van der Waals surface area (Å²) in [6.07, 6.45) is 0.625. The van der Waals surface area contributed by atoms with Gasteiger partial charge in [0.1, 0.15) is 11.5 Å². The molecule has 1 heterocycles. The molecule has 0 unspecified atom stereocenters. The van der Waals surface area contributed by atoms with Crippen molar-refractivity contribution in [1.82, 2.24) is 10.5 Å². The second-order valence-corrected chi connectivity index (χ2v) is 5.75. The van der Waals surface area contributed by atoms with Crippen molar-refractivity contribution >= 4 is 11.6 Å². The minimum Gasteiger partial charge on any atom is -0.496 e. The van der Waals surface area contributed by atoms with Crippen LogP contribution < -0.4 is 10.1 Å². The number of nitro benzene ring substituents is 1. The second kappa shape index (κ2) is 7.33. The van der Waals surface area contributed by atoms with Gasteiger partial charge in [0.05, 0.1) is 29.3 Å². The Morgan fingerprint density at radius 3 is 2.56 bits per heavy atom. The van der Waals surface area contributed by atoms with Gasteiger partial charge in [0.2, 0.25) is 0 Å². The van der Waals surface area contributed by atoms with Gasteiger partial charge in [-0.2, -0.15) is 0 Å². The van der Waals surface area contributed by atoms with Gasteiger partial charge in [0.25, 0.3) is 11.6 Å². The van der Waals surface area contributed by atoms with Gasteiger partial charge in [0, 0.05) is 17.2 Å². The number of aryl methyl sites for hydroxylation is 2. The molecule has 25 heavy (non-hydrogen) atoms. The quantitative estimate of drug-likeness (QED) is 0.634. The third kappa shape index (κ3) is 3.62. The maximum absolute atomic E-state index is 12.6. The van der Waals surface area contributed by atoms with Crippen LogP contribution in [0.2, 0.25) is 0 Å². The molecule has 0 bridgehead atoms. The van der Waals surface area contributed by atoms with E-state index in [0.29, 0.717) is 29.2 Å². The molecule has 1 atom stereocenters. The topological polar surface area (TPSA) is 108 Å². The first-order valence-corrected chi connectivity index (χ1v) is 7.86. The standard InChI is InChI=1S/C17H21N3O5/c1-6-13(16-10(3)19-25-11(16)4)18-17(21)12-7-14(20(22)23)9(2)15(8-12)24-5/h7-8,13H,6H2,1-5H3,(H,18,21)/t13-/m0/s1. The Morgan fingerprint density at radius 1 is 1.40 bits per heavy atom. The highest BCUT2D eigenvalue weighted by Gasteiger charge is 2.24. The molecule has 8 nitrogen and oxygen atoms in total. The van der Waals surface area contributed by atoms with Gasteiger partial charge in [-0.3, -0.25) is 14.9 Å². The number of hydrogen-bond donors (Lipinski definition) is 1. The summed E-state index contributed by atoms with van der Waals surface area (Å²) in [5.41, 5.74) is 1.91. The maximum Gasteiger partial charge on any atom is 0.276 e. The van der Waals surface area contributed by atoms with Crippen LogP contribution in [0.5, 0.6) is 5.75 Å². The molecule has 1 amide bonds. The number of amides is 1. The molecule has 0 spiro atoms. The van der Waals surface area contributed by atoms with Crippen molar-refractivity contribution in [2.24, 2.45) is 0 Å². The van der Waals surface area contributed by atoms with Crippen LogP contribution in [0.25, 0.3) is 0 Å². The van der Waals surface area contributed by atoms with Crippen molar-refractivity contribution in [2.45, 2.75) is 40.2 Å². The minimum absolute atomic E-state index is 0.158. The van der Waals surface area contributed by atoms with Crippen molar-refractivity contribution in [2.75, 3.05) is 7.11 Å². The molecular formula is C17H21N3O5. The molecule has 1 aromatic carbocycles. The van der Waals surface area contributed by atoms with Crippen molar-refractivity contribution in [3.05, 3.63) is 50.4 Å². The number of carbonyl (C=O) groups is 1. The number of benzene rings is 1. The van der Waals surface area contributed by atoms with E-state index in [-0.39, 0.29) is 17.3 Å². The summed E-state index contributed by atoms with van der Waals surface area (Å²) in [6, 6.07) is 2.45. The van der Waals surface area contributed by atoms with E-state index in [1.807, 2.05) is 6.92 Å². The van der Waals surface area contributed by atoms with E-state index in [2.05, 4.69) is 10.5 Å². The summed E-state index contributed by atoms with van der Waals surface area (Å²) in [5, 5.41) is 18.0. The lowest BCUT2D eigenvalue weighted by Gasteiger charge is -2.17. The summed E-state index contributed by atoms with van der Waals surface area (Å²) in [5.74, 6) is 0.509. The molecule has 8 heteroatoms. The van der Waals surface area contributed by atoms with Crippen molar-refractivity contribution in [3.63, 3.8) is 0 Å². The third-order valence-corrected chi connectivity index (χ3v) is 4.16. The molecule has 0 radical (unpaired) electrons. The Bertz CT molecular complexity index is 793. The van der Waals surface area contributed by atoms with Gasteiger partial charge in [-0.25, -0.2) is 0 Å². The number of rotatable bonds is 6. The molecular weight excluding hydrogens is 326 g/mol. The molecule has 0 aliphatic carbocycles. The zero-order valence-corrected chi connectivity index (χ0v) is 14.9. The number of methoxy groups -OCH3 is 1. The molecule has 2 rings (SSSR count). The highest BCUT2D eigenvalue weighted by atomic mass is 16.6. The smallest absolute Gasteiger partial charge is 0.276 e. The fourth-order valence-electron chi connectivity index (χ4n) is 2.81. The van der Waals surface area contributed by atoms with Crippen molar-refractivity contribution < 1.29 is 19.0 Å². The molecule has 1 N–H and O–H groups in total. The highest BCUT2D eigenvalue weighted by Crippen LogP contribution is 2.30. The Hall–Kier alpha value is -2.90. The van der Waals surface area contributed by atoms with Gasteiger partial charge in [-0.05, 0) is 33.3 Å². The first-order chi connectivity index (χ1) is 11.8. The van der Waals surface area contributed by atoms with Crippen molar-refractivity contribution in [3.8, 4) is 5.75 Å². The largest absolute Gasteiger partial charge is 0.496 e. The zero-order valence-electron chi connectivity index (χ0n) is 14.9. The van der Waals surface area contributed by atoms with Crippen LogP contribution in [-0.2, 0) is 0 Å². The predicted octanol–water partition coefficient (Wildman–Crippen LogP) is 3.40. The first-order valence-electron chi connectivity index (χ1n) is 7.86. The van der Waals surface area contributed by atoms with Gasteiger partial charge in [0.15, 0.2) is 0 Å². The first kappa shape index (κ1) is 18.4. The van der Waals surface area contributed by atoms with Crippen LogP contribution in [0.15, 0.2) is 16.7 Å². The number of nitro groups is 1. The zero-order chi connectivity index (χ0) is 18.7. The van der Waals surface area contributed by atoms with Crippen LogP contribution in [0.3, 0.4) is 0 Å². The molecule has 0 fully saturated rings. The van der Waals surface area contributed by atoms with E-state index < -0.39 is 10.8 Å². The monoisotopic (exact) mass is 347 g/mol. The summed E-state index contributed by atoms with van der Waals surface area (Å²) in [6.45, 7) is 7.09. The Balaban J connectivity index is 2.37. The SMILES string of the molecule is CC[C@H](NC(=O)c1cc(OC)c(C)c([N+](=O)[O-])c1)c1c(C)noc1C. The Kier molecular flexibility index (Phi) is 5.41. The van der Waals surface area contributed by atoms with E-state index >= 15 is 0 Å². The fourth-order valence-corrected chi connectivity index (χ4v) is 2.81. The number of aromatic nitrogens is 1. The number of hydrogen-bond acceptors (Lipinski definition) is 6. The van der Waals surface area contributed by atoms with Crippen LogP contribution in [0.1, 0.15) is 52.3 Å². The van der Waals surface area contributed by atoms with Gasteiger partial charge < -0.3 is 14.6 Å². The van der Waals surface area contributed by atoms with Crippen LogP contribution >= 0.6 is 0 Å². The van der Waals surface area contributed by atoms with Gasteiger partial charge >= 0.3 is 0 Å². The third-order valence-electron chi connectivity index (χ3n) is 4.16. The van der Waals surface area contributed by atoms with Crippen LogP contribution in [0, 0.1) is 30.9 Å². The fraction of sp³-hybridized carbons (Fsp3) is 0.412. The maximum atomic E-state index is 12.6. The average molecular weight is 347 g/mol. The highest BCUT2D eigenvalue weighted by molar-refractivity contribution is 5.96. The molecule has 0 saturated carbocycles. The minimum atomic E-state index is -0.528. The lowest BCUT2D eigenvalue weighted by molar-refractivity contribution is -0.385. The Morgan fingerprint density at radius 2 is 2.08 bits per heavy atom. The second-order valence-electron chi connectivity index (χ2n) is 5.75. The van der Waals surface area contributed by atoms with Crippen LogP contribution in [0.4, 0.5) is 5.69 Å². The van der Waals surface area contributed by atoms with E-state index in [1.165, 1.54) is 19.2 Å². The lowest BCUT2D eigenvalue weighted by atomic mass is 10.0. The predicted molar refractivity (Wildman–Crippen MR) is 90.9 cm³/mol. The summed E-state index contributed by atoms with van der Waals surface area (Å²) >= 11 is 0. The van der Waals surface area contributed by atoms with Crippen LogP contribution in [-0.4, -0.2) is 23.1 Å². The number of nitrogens with one attached hydrogen (secondary N) is 1. The number of carbonyl (C=O) groups excluding carboxylic acids is 1. The molecule has 2 aromatic rings. The van der Waals surface area contributed by atoms with E-state index in [0.717, 1.165) is 5.56 Å². The van der Waals surface area contributed by atoms with E-state index in [9.17, 15) is 14.9 Å². The van der Waals surface area contributed by atoms with Gasteiger partial charge in [-0.15, -0.1) is 0 Å². The summed E-state index contributed by atoms with van der Waals surface area (Å²) in [7, 11) is 1.41. The number of nitrogens with zero attached hydrogens (tertiary/aromatic N) is 2. The number of ether oxygens (including phenoxy) is 1. The summed E-state index contributed by atoms with van der Waals surface area (Å²) < 4.78 is 10.3. The van der Waals surface area contributed by atoms with E-state index in [4.69, 9.17) is 9.26 Å². The van der Waals surface area contributed by atoms with E-state index in [1.54, 1.807) is 20.8 Å². The molecule has 1 aromatic heterocycles. The van der Waals surface area contributed by atoms with Gasteiger partial charge in [-0.1, -0.05) is 12.1 Å². The molecule has 134 valence electrons. The lowest BCUT2D eigenvalue weighted by Crippen LogP contribution is -2.29. The van der Waals surface area contributed by atoms with Crippen molar-refractivity contribution in [1.29, 1.82) is 0 Å². The normalized spacial score (nSPS) is 11.9. The average Bonchev–Trinajstić information content (AvgIpc) is 2.91.